The molecule has 0 bridgehead atoms. The molecule has 0 unspecified atom stereocenters. The summed E-state index contributed by atoms with van der Waals surface area (Å²) in [4.78, 5) is 6.85. The molecule has 118 valence electrons. The van der Waals surface area contributed by atoms with Gasteiger partial charge in [-0.2, -0.15) is 18.4 Å². The molecule has 3 aromatic rings. The van der Waals surface area contributed by atoms with Crippen LogP contribution in [0.4, 0.5) is 0 Å². The first-order valence-electron chi connectivity index (χ1n) is 6.63. The molecule has 0 aliphatic rings. The molecule has 23 heavy (non-hydrogen) atoms. The third-order valence-electron chi connectivity index (χ3n) is 3.06. The monoisotopic (exact) mass is 409 g/mol. The number of hydrogen-bond acceptors (Lipinski definition) is 5. The Morgan fingerprint density at radius 2 is 1.87 bits per heavy atom. The van der Waals surface area contributed by atoms with E-state index in [4.69, 9.17) is 0 Å². The lowest BCUT2D eigenvalue weighted by atomic mass is 10.3. The average Bonchev–Trinajstić information content (AvgIpc) is 2.97. The van der Waals surface area contributed by atoms with Gasteiger partial charge in [-0.25, -0.2) is 4.98 Å². The zero-order chi connectivity index (χ0) is 16.4. The number of thiazole rings is 1. The van der Waals surface area contributed by atoms with Crippen LogP contribution in [0.1, 0.15) is 11.9 Å². The van der Waals surface area contributed by atoms with Gasteiger partial charge in [0.1, 0.15) is 5.01 Å². The highest BCUT2D eigenvalue weighted by atomic mass is 79.9. The van der Waals surface area contributed by atoms with Gasteiger partial charge in [-0.15, -0.1) is 11.3 Å². The molecule has 0 aliphatic carbocycles. The molecule has 5 nitrogen and oxygen atoms in total. The zero-order valence-electron chi connectivity index (χ0n) is 12.0. The molecule has 3 rings (SSSR count). The summed E-state index contributed by atoms with van der Waals surface area (Å²) >= 11 is 4.74. The van der Waals surface area contributed by atoms with E-state index in [1.807, 2.05) is 24.3 Å². The molecule has 0 saturated carbocycles. The first-order chi connectivity index (χ1) is 11.0. The van der Waals surface area contributed by atoms with Crippen LogP contribution in [0, 0.1) is 0 Å². The third-order valence-corrected chi connectivity index (χ3v) is 5.96. The fourth-order valence-electron chi connectivity index (χ4n) is 1.87. The fourth-order valence-corrected chi connectivity index (χ4v) is 3.90. The highest BCUT2D eigenvalue weighted by Crippen LogP contribution is 2.22. The predicted octanol–water partition coefficient (Wildman–Crippen LogP) is 3.76. The highest BCUT2D eigenvalue weighted by molar-refractivity contribution is 9.10. The van der Waals surface area contributed by atoms with E-state index in [9.17, 15) is 8.42 Å². The molecule has 0 atom stereocenters. The van der Waals surface area contributed by atoms with E-state index >= 15 is 0 Å². The molecular formula is C15H12BrN3O2S2. The van der Waals surface area contributed by atoms with Gasteiger partial charge in [0.15, 0.2) is 0 Å². The lowest BCUT2D eigenvalue weighted by molar-refractivity contribution is 0.584. The summed E-state index contributed by atoms with van der Waals surface area (Å²) in [7, 11) is -3.69. The molecule has 0 fully saturated rings. The van der Waals surface area contributed by atoms with Crippen LogP contribution < -0.4 is 4.83 Å². The Hall–Kier alpha value is -1.77. The molecule has 2 aromatic carbocycles. The van der Waals surface area contributed by atoms with Crippen molar-refractivity contribution < 1.29 is 8.42 Å². The van der Waals surface area contributed by atoms with Crippen molar-refractivity contribution in [1.82, 2.24) is 9.82 Å². The van der Waals surface area contributed by atoms with Crippen molar-refractivity contribution >= 4 is 53.2 Å². The van der Waals surface area contributed by atoms with E-state index in [0.29, 0.717) is 10.7 Å². The van der Waals surface area contributed by atoms with Crippen molar-refractivity contribution in [3.63, 3.8) is 0 Å². The number of halogens is 1. The number of benzene rings is 2. The van der Waals surface area contributed by atoms with Crippen LogP contribution in [0.2, 0.25) is 0 Å². The van der Waals surface area contributed by atoms with Gasteiger partial charge >= 0.3 is 0 Å². The van der Waals surface area contributed by atoms with Crippen molar-refractivity contribution in [3.05, 3.63) is 58.0 Å². The number of sulfonamides is 1. The maximum Gasteiger partial charge on any atom is 0.276 e. The average molecular weight is 410 g/mol. The van der Waals surface area contributed by atoms with Crippen LogP contribution in [-0.4, -0.2) is 19.1 Å². The topological polar surface area (TPSA) is 71.4 Å². The first kappa shape index (κ1) is 16.1. The van der Waals surface area contributed by atoms with Gasteiger partial charge < -0.3 is 0 Å². The summed E-state index contributed by atoms with van der Waals surface area (Å²) in [6.45, 7) is 1.72. The SMILES string of the molecule is C/C(=N/NS(=O)(=O)c1ccc(Br)cc1)c1nc2ccccc2s1. The third kappa shape index (κ3) is 3.60. The minimum absolute atomic E-state index is 0.154. The summed E-state index contributed by atoms with van der Waals surface area (Å²) < 4.78 is 26.2. The zero-order valence-corrected chi connectivity index (χ0v) is 15.2. The van der Waals surface area contributed by atoms with E-state index < -0.39 is 10.0 Å². The molecule has 1 N–H and O–H groups in total. The predicted molar refractivity (Wildman–Crippen MR) is 96.3 cm³/mol. The lowest BCUT2D eigenvalue weighted by Gasteiger charge is -2.04. The number of aromatic nitrogens is 1. The number of hydrogen-bond donors (Lipinski definition) is 1. The molecule has 1 aromatic heterocycles. The van der Waals surface area contributed by atoms with Crippen molar-refractivity contribution in [3.8, 4) is 0 Å². The minimum atomic E-state index is -3.69. The van der Waals surface area contributed by atoms with E-state index in [0.717, 1.165) is 14.7 Å². The fraction of sp³-hybridized carbons (Fsp3) is 0.0667. The van der Waals surface area contributed by atoms with Crippen LogP contribution >= 0.6 is 27.3 Å². The number of rotatable bonds is 4. The standard InChI is InChI=1S/C15H12BrN3O2S2/c1-10(15-17-13-4-2-3-5-14(13)22-15)18-19-23(20,21)12-8-6-11(16)7-9-12/h2-9,19H,1H3/b18-10-. The molecule has 8 heteroatoms. The summed E-state index contributed by atoms with van der Waals surface area (Å²) in [6.07, 6.45) is 0. The van der Waals surface area contributed by atoms with E-state index in [1.54, 1.807) is 19.1 Å². The number of nitrogens with zero attached hydrogens (tertiary/aromatic N) is 2. The Balaban J connectivity index is 1.84. The van der Waals surface area contributed by atoms with Crippen LogP contribution in [0.25, 0.3) is 10.2 Å². The number of hydrazone groups is 1. The quantitative estimate of drug-likeness (QED) is 0.526. The van der Waals surface area contributed by atoms with Crippen molar-refractivity contribution in [2.24, 2.45) is 5.10 Å². The molecule has 1 heterocycles. The summed E-state index contributed by atoms with van der Waals surface area (Å²) in [5.74, 6) is 0. The minimum Gasteiger partial charge on any atom is -0.235 e. The van der Waals surface area contributed by atoms with Gasteiger partial charge in [-0.05, 0) is 43.3 Å². The first-order valence-corrected chi connectivity index (χ1v) is 9.72. The van der Waals surface area contributed by atoms with Gasteiger partial charge in [-0.1, -0.05) is 28.1 Å². The van der Waals surface area contributed by atoms with Crippen molar-refractivity contribution in [2.75, 3.05) is 0 Å². The normalized spacial score (nSPS) is 12.5. The maximum atomic E-state index is 12.2. The van der Waals surface area contributed by atoms with Crippen molar-refractivity contribution in [2.45, 2.75) is 11.8 Å². The van der Waals surface area contributed by atoms with Gasteiger partial charge in [0.25, 0.3) is 10.0 Å². The second-order valence-corrected chi connectivity index (χ2v) is 8.34. The smallest absolute Gasteiger partial charge is 0.235 e. The number of para-hydroxylation sites is 1. The Kier molecular flexibility index (Phi) is 4.47. The van der Waals surface area contributed by atoms with Crippen LogP contribution in [0.15, 0.2) is 63.0 Å². The van der Waals surface area contributed by atoms with E-state index in [2.05, 4.69) is 30.8 Å². The Morgan fingerprint density at radius 1 is 1.17 bits per heavy atom. The largest absolute Gasteiger partial charge is 0.276 e. The van der Waals surface area contributed by atoms with E-state index in [-0.39, 0.29) is 4.90 Å². The lowest BCUT2D eigenvalue weighted by Crippen LogP contribution is -2.19. The van der Waals surface area contributed by atoms with Crippen molar-refractivity contribution in [1.29, 1.82) is 0 Å². The van der Waals surface area contributed by atoms with Gasteiger partial charge in [0, 0.05) is 4.47 Å². The molecular weight excluding hydrogens is 398 g/mol. The maximum absolute atomic E-state index is 12.2. The molecule has 0 spiro atoms. The molecule has 0 amide bonds. The molecule has 0 radical (unpaired) electrons. The summed E-state index contributed by atoms with van der Waals surface area (Å²) in [6, 6.07) is 14.1. The van der Waals surface area contributed by atoms with Gasteiger partial charge in [-0.3, -0.25) is 0 Å². The van der Waals surface area contributed by atoms with Gasteiger partial charge in [0.05, 0.1) is 20.8 Å². The molecule has 0 aliphatic heterocycles. The summed E-state index contributed by atoms with van der Waals surface area (Å²) in [5, 5.41) is 4.66. The Bertz CT molecular complexity index is 946. The van der Waals surface area contributed by atoms with E-state index in [1.165, 1.54) is 23.5 Å². The second kappa shape index (κ2) is 6.38. The Labute approximate surface area is 146 Å². The van der Waals surface area contributed by atoms with Crippen LogP contribution in [0.5, 0.6) is 0 Å². The number of nitrogens with one attached hydrogen (secondary N) is 1. The van der Waals surface area contributed by atoms with Crippen LogP contribution in [-0.2, 0) is 10.0 Å². The summed E-state index contributed by atoms with van der Waals surface area (Å²) in [5.41, 5.74) is 1.39. The highest BCUT2D eigenvalue weighted by Gasteiger charge is 2.13. The van der Waals surface area contributed by atoms with Crippen LogP contribution in [0.3, 0.4) is 0 Å². The molecule has 0 saturated heterocycles. The van der Waals surface area contributed by atoms with Gasteiger partial charge in [0.2, 0.25) is 0 Å². The Morgan fingerprint density at radius 3 is 2.57 bits per heavy atom. The number of fused-ring (bicyclic) bond motifs is 1. The second-order valence-electron chi connectivity index (χ2n) is 4.73.